The van der Waals surface area contributed by atoms with Gasteiger partial charge in [0.15, 0.2) is 0 Å². The Balaban J connectivity index is 1.47. The molecule has 1 amide bonds. The standard InChI is InChI=1S/C30H44N2O2/c1-2-3-4-5-6-7-8-9-10-11-12-13-17-23-30(33)32-31-25-28-21-18-22-29(24-28)34-26-27-19-15-14-16-20-27/h14-16,18-22,24-25H,2-13,17,23,26H2,1H3,(H,32,33). The van der Waals surface area contributed by atoms with Crippen molar-refractivity contribution in [1.82, 2.24) is 5.43 Å². The molecule has 34 heavy (non-hydrogen) atoms. The van der Waals surface area contributed by atoms with Crippen molar-refractivity contribution < 1.29 is 9.53 Å². The van der Waals surface area contributed by atoms with Crippen LogP contribution in [0.5, 0.6) is 5.75 Å². The van der Waals surface area contributed by atoms with Gasteiger partial charge in [-0.1, -0.05) is 126 Å². The topological polar surface area (TPSA) is 50.7 Å². The first-order valence-corrected chi connectivity index (χ1v) is 13.4. The summed E-state index contributed by atoms with van der Waals surface area (Å²) in [7, 11) is 0. The van der Waals surface area contributed by atoms with Gasteiger partial charge in [-0.25, -0.2) is 5.43 Å². The van der Waals surface area contributed by atoms with Crippen molar-refractivity contribution in [2.45, 2.75) is 103 Å². The van der Waals surface area contributed by atoms with E-state index >= 15 is 0 Å². The molecule has 0 aliphatic heterocycles. The van der Waals surface area contributed by atoms with Gasteiger partial charge in [0, 0.05) is 6.42 Å². The Morgan fingerprint density at radius 1 is 0.794 bits per heavy atom. The molecular formula is C30H44N2O2. The molecule has 2 aromatic carbocycles. The Morgan fingerprint density at radius 3 is 2.06 bits per heavy atom. The number of benzene rings is 2. The van der Waals surface area contributed by atoms with Gasteiger partial charge in [0.1, 0.15) is 12.4 Å². The number of hydrazone groups is 1. The molecule has 0 unspecified atom stereocenters. The zero-order valence-electron chi connectivity index (χ0n) is 21.1. The molecule has 2 rings (SSSR count). The number of nitrogens with one attached hydrogen (secondary N) is 1. The van der Waals surface area contributed by atoms with E-state index in [0.29, 0.717) is 13.0 Å². The second kappa shape index (κ2) is 18.8. The Labute approximate surface area is 207 Å². The maximum atomic E-state index is 12.0. The van der Waals surface area contributed by atoms with Gasteiger partial charge in [-0.3, -0.25) is 4.79 Å². The molecule has 0 saturated carbocycles. The highest BCUT2D eigenvalue weighted by Gasteiger charge is 2.01. The number of hydrogen-bond donors (Lipinski definition) is 1. The number of unbranched alkanes of at least 4 members (excludes halogenated alkanes) is 12. The van der Waals surface area contributed by atoms with Crippen LogP contribution >= 0.6 is 0 Å². The first-order chi connectivity index (χ1) is 16.8. The largest absolute Gasteiger partial charge is 0.489 e. The summed E-state index contributed by atoms with van der Waals surface area (Å²) in [6, 6.07) is 17.8. The van der Waals surface area contributed by atoms with Crippen molar-refractivity contribution in [3.63, 3.8) is 0 Å². The molecule has 4 heteroatoms. The van der Waals surface area contributed by atoms with E-state index in [9.17, 15) is 4.79 Å². The van der Waals surface area contributed by atoms with Crippen molar-refractivity contribution in [1.29, 1.82) is 0 Å². The van der Waals surface area contributed by atoms with E-state index in [-0.39, 0.29) is 5.91 Å². The summed E-state index contributed by atoms with van der Waals surface area (Å²) in [4.78, 5) is 12.0. The lowest BCUT2D eigenvalue weighted by Gasteiger charge is -2.06. The van der Waals surface area contributed by atoms with E-state index < -0.39 is 0 Å². The van der Waals surface area contributed by atoms with Crippen molar-refractivity contribution >= 4 is 12.1 Å². The number of ether oxygens (including phenoxy) is 1. The summed E-state index contributed by atoms with van der Waals surface area (Å²) in [5.74, 6) is 0.766. The lowest BCUT2D eigenvalue weighted by molar-refractivity contribution is -0.121. The van der Waals surface area contributed by atoms with Crippen LogP contribution < -0.4 is 10.2 Å². The number of amides is 1. The van der Waals surface area contributed by atoms with Crippen LogP contribution in [-0.4, -0.2) is 12.1 Å². The summed E-state index contributed by atoms with van der Waals surface area (Å²) in [6.45, 7) is 2.79. The highest BCUT2D eigenvalue weighted by atomic mass is 16.5. The van der Waals surface area contributed by atoms with E-state index in [1.165, 1.54) is 70.6 Å². The molecule has 0 radical (unpaired) electrons. The van der Waals surface area contributed by atoms with Gasteiger partial charge in [0.25, 0.3) is 0 Å². The van der Waals surface area contributed by atoms with E-state index in [4.69, 9.17) is 4.74 Å². The number of hydrogen-bond acceptors (Lipinski definition) is 3. The summed E-state index contributed by atoms with van der Waals surface area (Å²) in [6.07, 6.45) is 19.2. The number of nitrogens with zero attached hydrogens (tertiary/aromatic N) is 1. The van der Waals surface area contributed by atoms with Crippen LogP contribution in [0.2, 0.25) is 0 Å². The van der Waals surface area contributed by atoms with Gasteiger partial charge >= 0.3 is 0 Å². The SMILES string of the molecule is CCCCCCCCCCCCCCCC(=O)NN=Cc1cccc(OCc2ccccc2)c1. The van der Waals surface area contributed by atoms with Gasteiger partial charge in [0.2, 0.25) is 5.91 Å². The van der Waals surface area contributed by atoms with Crippen LogP contribution in [0.25, 0.3) is 0 Å². The minimum Gasteiger partial charge on any atom is -0.489 e. The second-order valence-electron chi connectivity index (χ2n) is 9.13. The third kappa shape index (κ3) is 13.8. The summed E-state index contributed by atoms with van der Waals surface area (Å²) >= 11 is 0. The molecule has 2 aromatic rings. The molecule has 0 aromatic heterocycles. The van der Waals surface area contributed by atoms with Crippen LogP contribution in [0.3, 0.4) is 0 Å². The third-order valence-corrected chi connectivity index (χ3v) is 6.02. The van der Waals surface area contributed by atoms with Crippen molar-refractivity contribution in [3.8, 4) is 5.75 Å². The number of carbonyl (C=O) groups excluding carboxylic acids is 1. The molecule has 0 aliphatic rings. The smallest absolute Gasteiger partial charge is 0.240 e. The monoisotopic (exact) mass is 464 g/mol. The molecule has 1 N–H and O–H groups in total. The van der Waals surface area contributed by atoms with Crippen LogP contribution in [0, 0.1) is 0 Å². The van der Waals surface area contributed by atoms with Gasteiger partial charge in [0.05, 0.1) is 6.21 Å². The predicted octanol–water partition coefficient (Wildman–Crippen LogP) is 8.20. The number of carbonyl (C=O) groups is 1. The lowest BCUT2D eigenvalue weighted by atomic mass is 10.0. The van der Waals surface area contributed by atoms with E-state index in [2.05, 4.69) is 17.5 Å². The Bertz CT molecular complexity index is 804. The fourth-order valence-electron chi connectivity index (χ4n) is 3.96. The average Bonchev–Trinajstić information content (AvgIpc) is 2.86. The summed E-state index contributed by atoms with van der Waals surface area (Å²) < 4.78 is 5.84. The average molecular weight is 465 g/mol. The predicted molar refractivity (Wildman–Crippen MR) is 143 cm³/mol. The lowest BCUT2D eigenvalue weighted by Crippen LogP contribution is -2.16. The molecule has 0 spiro atoms. The molecule has 0 saturated heterocycles. The van der Waals surface area contributed by atoms with Gasteiger partial charge in [-0.15, -0.1) is 0 Å². The van der Waals surface area contributed by atoms with Crippen LogP contribution in [0.15, 0.2) is 59.7 Å². The normalized spacial score (nSPS) is 11.1. The molecule has 0 heterocycles. The quantitative estimate of drug-likeness (QED) is 0.129. The van der Waals surface area contributed by atoms with Crippen LogP contribution in [0.1, 0.15) is 108 Å². The molecule has 0 bridgehead atoms. The Morgan fingerprint density at radius 2 is 1.41 bits per heavy atom. The van der Waals surface area contributed by atoms with Crippen LogP contribution in [-0.2, 0) is 11.4 Å². The Kier molecular flexibility index (Phi) is 15.2. The molecular weight excluding hydrogens is 420 g/mol. The molecule has 0 fully saturated rings. The molecule has 0 atom stereocenters. The van der Waals surface area contributed by atoms with Crippen molar-refractivity contribution in [3.05, 3.63) is 65.7 Å². The maximum absolute atomic E-state index is 12.0. The first kappa shape index (κ1) is 27.6. The Hall–Kier alpha value is -2.62. The highest BCUT2D eigenvalue weighted by molar-refractivity contribution is 5.82. The highest BCUT2D eigenvalue weighted by Crippen LogP contribution is 2.15. The van der Waals surface area contributed by atoms with E-state index in [1.54, 1.807) is 6.21 Å². The summed E-state index contributed by atoms with van der Waals surface area (Å²) in [5, 5.41) is 4.10. The second-order valence-corrected chi connectivity index (χ2v) is 9.13. The third-order valence-electron chi connectivity index (χ3n) is 6.02. The van der Waals surface area contributed by atoms with Crippen molar-refractivity contribution in [2.75, 3.05) is 0 Å². The van der Waals surface area contributed by atoms with Crippen molar-refractivity contribution in [2.24, 2.45) is 5.10 Å². The maximum Gasteiger partial charge on any atom is 0.240 e. The summed E-state index contributed by atoms with van der Waals surface area (Å²) in [5.41, 5.74) is 4.66. The zero-order chi connectivity index (χ0) is 24.1. The minimum absolute atomic E-state index is 0.0178. The van der Waals surface area contributed by atoms with Gasteiger partial charge in [-0.2, -0.15) is 5.10 Å². The van der Waals surface area contributed by atoms with E-state index in [1.807, 2.05) is 54.6 Å². The zero-order valence-corrected chi connectivity index (χ0v) is 21.1. The minimum atomic E-state index is -0.0178. The fourth-order valence-corrected chi connectivity index (χ4v) is 3.96. The van der Waals surface area contributed by atoms with Crippen LogP contribution in [0.4, 0.5) is 0 Å². The first-order valence-electron chi connectivity index (χ1n) is 13.4. The fraction of sp³-hybridized carbons (Fsp3) is 0.533. The van der Waals surface area contributed by atoms with E-state index in [0.717, 1.165) is 29.7 Å². The molecule has 4 nitrogen and oxygen atoms in total. The molecule has 0 aliphatic carbocycles. The van der Waals surface area contributed by atoms with Gasteiger partial charge < -0.3 is 4.74 Å². The molecule has 186 valence electrons. The van der Waals surface area contributed by atoms with Gasteiger partial charge in [-0.05, 0) is 29.7 Å². The number of rotatable bonds is 19.